The van der Waals surface area contributed by atoms with Gasteiger partial charge in [-0.3, -0.25) is 9.51 Å². The lowest BCUT2D eigenvalue weighted by atomic mass is 9.83. The first-order chi connectivity index (χ1) is 20.5. The molecule has 11 heteroatoms. The molecule has 0 radical (unpaired) electrons. The van der Waals surface area contributed by atoms with E-state index in [1.165, 1.54) is 18.4 Å². The summed E-state index contributed by atoms with van der Waals surface area (Å²) in [7, 11) is 0. The number of imidazole rings is 1. The molecule has 10 nitrogen and oxygen atoms in total. The number of halogens is 1. The van der Waals surface area contributed by atoms with Crippen molar-refractivity contribution in [2.45, 2.75) is 45.2 Å². The van der Waals surface area contributed by atoms with E-state index in [9.17, 15) is 4.79 Å². The van der Waals surface area contributed by atoms with Crippen LogP contribution >= 0.6 is 11.6 Å². The second-order valence-electron chi connectivity index (χ2n) is 11.4. The molecule has 1 aliphatic carbocycles. The zero-order chi connectivity index (χ0) is 28.6. The number of hydrogen-bond donors (Lipinski definition) is 1. The molecule has 42 heavy (non-hydrogen) atoms. The minimum Gasteiger partial charge on any atom is -0.377 e. The van der Waals surface area contributed by atoms with E-state index in [2.05, 4.69) is 50.8 Å². The maximum atomic E-state index is 11.8. The summed E-state index contributed by atoms with van der Waals surface area (Å²) in [5, 5.41) is 4.46. The Hall–Kier alpha value is -4.02. The summed E-state index contributed by atoms with van der Waals surface area (Å²) in [4.78, 5) is 31.7. The number of aromatic nitrogens is 6. The molecule has 0 unspecified atom stereocenters. The Morgan fingerprint density at radius 2 is 1.86 bits per heavy atom. The number of rotatable bonds is 6. The van der Waals surface area contributed by atoms with Crippen LogP contribution in [0, 0.1) is 11.8 Å². The average Bonchev–Trinajstić information content (AvgIpc) is 3.62. The number of hydrogen-bond acceptors (Lipinski definition) is 8. The third-order valence-electron chi connectivity index (χ3n) is 8.48. The van der Waals surface area contributed by atoms with E-state index in [-0.39, 0.29) is 17.7 Å². The third-order valence-corrected chi connectivity index (χ3v) is 8.71. The van der Waals surface area contributed by atoms with Gasteiger partial charge in [0.15, 0.2) is 5.65 Å². The van der Waals surface area contributed by atoms with Gasteiger partial charge in [-0.05, 0) is 42.4 Å². The van der Waals surface area contributed by atoms with Crippen molar-refractivity contribution in [2.24, 2.45) is 11.8 Å². The van der Waals surface area contributed by atoms with Gasteiger partial charge in [0.05, 0.1) is 19.3 Å². The first-order valence-corrected chi connectivity index (χ1v) is 14.9. The lowest BCUT2D eigenvalue weighted by molar-refractivity contribution is 0.0927. The van der Waals surface area contributed by atoms with Crippen molar-refractivity contribution >= 4 is 28.7 Å². The predicted octanol–water partition coefficient (Wildman–Crippen LogP) is 5.89. The highest BCUT2D eigenvalue weighted by molar-refractivity contribution is 6.30. The minimum atomic E-state index is -0.672. The summed E-state index contributed by atoms with van der Waals surface area (Å²) in [5.74, 6) is 1.80. The summed E-state index contributed by atoms with van der Waals surface area (Å²) in [5.41, 5.74) is 4.03. The number of nitrogens with one attached hydrogen (secondary N) is 1. The molecule has 7 rings (SSSR count). The summed E-state index contributed by atoms with van der Waals surface area (Å²) in [6.45, 7) is 4.99. The van der Waals surface area contributed by atoms with Crippen molar-refractivity contribution in [1.29, 1.82) is 0 Å². The van der Waals surface area contributed by atoms with E-state index in [4.69, 9.17) is 35.8 Å². The number of fused-ring (bicyclic) bond motifs is 1. The van der Waals surface area contributed by atoms with Crippen LogP contribution in [0.1, 0.15) is 44.2 Å². The van der Waals surface area contributed by atoms with Crippen LogP contribution in [-0.2, 0) is 11.3 Å². The average molecular weight is 586 g/mol. The minimum absolute atomic E-state index is 0.00386. The summed E-state index contributed by atoms with van der Waals surface area (Å²) < 4.78 is 13.1. The van der Waals surface area contributed by atoms with Crippen molar-refractivity contribution in [3.63, 3.8) is 0 Å². The van der Waals surface area contributed by atoms with E-state index in [0.29, 0.717) is 42.0 Å². The van der Waals surface area contributed by atoms with E-state index in [1.807, 2.05) is 30.3 Å². The standard InChI is InChI=1S/C31H32ClN7O3/c1-19-10-12-20(13-11-19)17-39-26-25(22-8-5-9-23(32)16-22)33-28(29-36-31(40)42-37-29)34-27(26)35-30(39)38-14-15-41-18-24(38)21-6-3-2-4-7-21/h2-9,16,19-20,24H,10-15,17-18H2,1H3,(H,36,37,40)/t19-,20-,24-/m0/s1. The van der Waals surface area contributed by atoms with Gasteiger partial charge < -0.3 is 14.2 Å². The smallest absolute Gasteiger partial charge is 0.377 e. The normalized spacial score (nSPS) is 21.2. The quantitative estimate of drug-likeness (QED) is 0.262. The van der Waals surface area contributed by atoms with Crippen molar-refractivity contribution in [1.82, 2.24) is 29.7 Å². The fourth-order valence-corrected chi connectivity index (χ4v) is 6.44. The Kier molecular flexibility index (Phi) is 7.25. The highest BCUT2D eigenvalue weighted by Crippen LogP contribution is 2.38. The molecule has 216 valence electrons. The van der Waals surface area contributed by atoms with Crippen LogP contribution in [0.25, 0.3) is 34.1 Å². The molecule has 3 aromatic heterocycles. The van der Waals surface area contributed by atoms with Gasteiger partial charge in [-0.25, -0.2) is 14.8 Å². The number of benzene rings is 2. The Bertz CT molecular complexity index is 1760. The molecule has 2 aliphatic rings. The monoisotopic (exact) mass is 585 g/mol. The van der Waals surface area contributed by atoms with E-state index >= 15 is 0 Å². The van der Waals surface area contributed by atoms with Gasteiger partial charge >= 0.3 is 5.76 Å². The molecule has 1 aliphatic heterocycles. The van der Waals surface area contributed by atoms with Crippen LogP contribution in [-0.4, -0.2) is 49.4 Å². The van der Waals surface area contributed by atoms with Crippen molar-refractivity contribution < 1.29 is 9.26 Å². The second kappa shape index (κ2) is 11.3. The Morgan fingerprint density at radius 3 is 2.62 bits per heavy atom. The summed E-state index contributed by atoms with van der Waals surface area (Å²) >= 11 is 6.47. The van der Waals surface area contributed by atoms with Crippen LogP contribution in [0.2, 0.25) is 5.02 Å². The molecular formula is C31H32ClN7O3. The zero-order valence-electron chi connectivity index (χ0n) is 23.4. The second-order valence-corrected chi connectivity index (χ2v) is 11.8. The van der Waals surface area contributed by atoms with Gasteiger partial charge in [0.2, 0.25) is 17.6 Å². The molecule has 5 aromatic rings. The highest BCUT2D eigenvalue weighted by Gasteiger charge is 2.32. The number of ether oxygens (including phenoxy) is 1. The van der Waals surface area contributed by atoms with Gasteiger partial charge in [-0.15, -0.1) is 0 Å². The van der Waals surface area contributed by atoms with Gasteiger partial charge in [-0.1, -0.05) is 79.0 Å². The Labute approximate surface area is 247 Å². The van der Waals surface area contributed by atoms with Crippen LogP contribution in [0.5, 0.6) is 0 Å². The maximum Gasteiger partial charge on any atom is 0.439 e. The molecule has 1 atom stereocenters. The van der Waals surface area contributed by atoms with E-state index in [1.54, 1.807) is 0 Å². The topological polar surface area (TPSA) is 115 Å². The van der Waals surface area contributed by atoms with Gasteiger partial charge in [-0.2, -0.15) is 4.98 Å². The maximum absolute atomic E-state index is 11.8. The highest BCUT2D eigenvalue weighted by atomic mass is 35.5. The molecule has 1 N–H and O–H groups in total. The molecule has 2 fully saturated rings. The van der Waals surface area contributed by atoms with Gasteiger partial charge in [0.1, 0.15) is 11.2 Å². The number of H-pyrrole nitrogens is 1. The summed E-state index contributed by atoms with van der Waals surface area (Å²) in [6.07, 6.45) is 4.77. The van der Waals surface area contributed by atoms with Crippen molar-refractivity contribution in [3.05, 3.63) is 75.7 Å². The first-order valence-electron chi connectivity index (χ1n) is 14.5. The molecule has 2 aromatic carbocycles. The van der Waals surface area contributed by atoms with Crippen LogP contribution < -0.4 is 10.7 Å². The fourth-order valence-electron chi connectivity index (χ4n) is 6.25. The number of morpholine rings is 1. The Morgan fingerprint density at radius 1 is 1.02 bits per heavy atom. The van der Waals surface area contributed by atoms with Gasteiger partial charge in [0.25, 0.3) is 0 Å². The fraction of sp³-hybridized carbons (Fsp3) is 0.387. The number of nitrogens with zero attached hydrogens (tertiary/aromatic N) is 6. The third kappa shape index (κ3) is 5.20. The lowest BCUT2D eigenvalue weighted by Gasteiger charge is -2.37. The van der Waals surface area contributed by atoms with Crippen molar-refractivity contribution in [2.75, 3.05) is 24.7 Å². The largest absolute Gasteiger partial charge is 0.439 e. The molecule has 1 saturated heterocycles. The zero-order valence-corrected chi connectivity index (χ0v) is 24.1. The predicted molar refractivity (Wildman–Crippen MR) is 160 cm³/mol. The van der Waals surface area contributed by atoms with E-state index in [0.717, 1.165) is 42.3 Å². The Balaban J connectivity index is 1.45. The molecule has 0 spiro atoms. The molecule has 0 amide bonds. The molecule has 0 bridgehead atoms. The lowest BCUT2D eigenvalue weighted by Crippen LogP contribution is -2.41. The van der Waals surface area contributed by atoms with Crippen LogP contribution in [0.3, 0.4) is 0 Å². The SMILES string of the molecule is C[C@H]1CC[C@H](Cn2c(N3CCOC[C@H]3c3ccccc3)nc3nc(-c4noc(=O)[nH]4)nc(-c4cccc(Cl)c4)c32)CC1. The number of anilines is 1. The van der Waals surface area contributed by atoms with Gasteiger partial charge in [0, 0.05) is 23.7 Å². The first kappa shape index (κ1) is 26.9. The molecule has 1 saturated carbocycles. The molecule has 4 heterocycles. The van der Waals surface area contributed by atoms with Crippen LogP contribution in [0.15, 0.2) is 63.9 Å². The van der Waals surface area contributed by atoms with Crippen molar-refractivity contribution in [3.8, 4) is 22.9 Å². The number of aromatic amines is 1. The molecular weight excluding hydrogens is 554 g/mol. The van der Waals surface area contributed by atoms with Crippen LogP contribution in [0.4, 0.5) is 5.95 Å². The van der Waals surface area contributed by atoms with E-state index < -0.39 is 5.76 Å². The summed E-state index contributed by atoms with van der Waals surface area (Å²) in [6, 6.07) is 18.0.